The normalized spacial score (nSPS) is 15.0. The number of ether oxygens (including phenoxy) is 1. The molecular formula is C51H50N2O7S2. The third-order valence-corrected chi connectivity index (χ3v) is 14.2. The first-order valence-electron chi connectivity index (χ1n) is 21.2. The number of aliphatic hydroxyl groups is 2. The number of pyridine rings is 1. The predicted molar refractivity (Wildman–Crippen MR) is 246 cm³/mol. The highest BCUT2D eigenvalue weighted by Gasteiger charge is 2.42. The Kier molecular flexibility index (Phi) is 13.6. The topological polar surface area (TPSA) is 140 Å². The van der Waals surface area contributed by atoms with E-state index in [1.54, 1.807) is 41.7 Å². The molecule has 62 heavy (non-hydrogen) atoms. The van der Waals surface area contributed by atoms with Gasteiger partial charge in [0.2, 0.25) is 11.2 Å². The molecule has 1 fully saturated rings. The molecule has 318 valence electrons. The molecule has 4 N–H and O–H groups in total. The lowest BCUT2D eigenvalue weighted by molar-refractivity contribution is -0.164. The van der Waals surface area contributed by atoms with E-state index in [2.05, 4.69) is 34.1 Å². The molecular weight excluding hydrogens is 817 g/mol. The summed E-state index contributed by atoms with van der Waals surface area (Å²) in [6, 6.07) is 40.9. The standard InChI is InChI=1S/C51H50N2O7S2/c54-43(41-20-23-45(56)49-42(41)21-26-48(57)52-49)16-8-15-39-19-25-47(62-39)44(55)22-17-40-18-24-46(61-40)36-11-7-14-38(31-36)51(59,37-12-5-2-6-13-37)50(58)60-33-35-27-29-53(30-28-35)32-34-9-3-1-4-10-34/h1-7,9-14,18-21,23-26,31,35,43,54,56,59H,8,15-17,22,27-30,32-33H2,(H,52,57)/t43-,51-/m0/s1. The van der Waals surface area contributed by atoms with Crippen LogP contribution in [0.1, 0.15) is 79.9 Å². The van der Waals surface area contributed by atoms with Gasteiger partial charge < -0.3 is 25.0 Å². The predicted octanol–water partition coefficient (Wildman–Crippen LogP) is 9.59. The Bertz CT molecular complexity index is 2680. The number of carbonyl (C=O) groups excluding carboxylic acids is 2. The molecule has 2 atom stereocenters. The summed E-state index contributed by atoms with van der Waals surface area (Å²) in [6.45, 7) is 3.01. The molecule has 0 unspecified atom stereocenters. The first-order chi connectivity index (χ1) is 30.1. The molecule has 1 aliphatic rings. The molecule has 0 saturated carbocycles. The lowest BCUT2D eigenvalue weighted by Crippen LogP contribution is -2.40. The number of nitrogens with one attached hydrogen (secondary N) is 1. The summed E-state index contributed by atoms with van der Waals surface area (Å²) in [5.41, 5.74) is 1.67. The number of piperidine rings is 1. The van der Waals surface area contributed by atoms with E-state index >= 15 is 0 Å². The summed E-state index contributed by atoms with van der Waals surface area (Å²) in [5, 5.41) is 34.1. The maximum absolute atomic E-state index is 14.0. The third kappa shape index (κ3) is 9.99. The molecule has 0 amide bonds. The Labute approximate surface area is 368 Å². The monoisotopic (exact) mass is 866 g/mol. The fraction of sp³-hybridized carbons (Fsp3) is 0.275. The minimum atomic E-state index is -2.00. The van der Waals surface area contributed by atoms with Gasteiger partial charge in [-0.05, 0) is 122 Å². The molecule has 1 aliphatic heterocycles. The van der Waals surface area contributed by atoms with Gasteiger partial charge in [-0.25, -0.2) is 4.79 Å². The fourth-order valence-corrected chi connectivity index (χ4v) is 10.3. The van der Waals surface area contributed by atoms with Gasteiger partial charge in [-0.15, -0.1) is 22.7 Å². The van der Waals surface area contributed by atoms with Crippen LogP contribution in [0.5, 0.6) is 5.75 Å². The molecule has 11 heteroatoms. The van der Waals surface area contributed by atoms with Crippen molar-refractivity contribution in [3.05, 3.63) is 181 Å². The zero-order valence-corrected chi connectivity index (χ0v) is 36.0. The van der Waals surface area contributed by atoms with Gasteiger partial charge in [0, 0.05) is 44.6 Å². The number of H-pyrrole nitrogens is 1. The molecule has 1 saturated heterocycles. The molecule has 8 rings (SSSR count). The highest BCUT2D eigenvalue weighted by Crippen LogP contribution is 2.37. The molecule has 0 spiro atoms. The van der Waals surface area contributed by atoms with E-state index in [0.717, 1.165) is 52.7 Å². The van der Waals surface area contributed by atoms with E-state index in [1.165, 1.54) is 29.0 Å². The van der Waals surface area contributed by atoms with Crippen molar-refractivity contribution < 1.29 is 29.6 Å². The van der Waals surface area contributed by atoms with Crippen molar-refractivity contribution in [3.8, 4) is 16.2 Å². The van der Waals surface area contributed by atoms with Crippen molar-refractivity contribution in [1.29, 1.82) is 0 Å². The lowest BCUT2D eigenvalue weighted by atomic mass is 9.85. The average molecular weight is 867 g/mol. The number of benzene rings is 4. The van der Waals surface area contributed by atoms with E-state index in [-0.39, 0.29) is 29.6 Å². The number of aliphatic hydroxyl groups excluding tert-OH is 1. The fourth-order valence-electron chi connectivity index (χ4n) is 8.29. The first kappa shape index (κ1) is 43.0. The molecule has 9 nitrogen and oxygen atoms in total. The number of aryl methyl sites for hydroxylation is 2. The van der Waals surface area contributed by atoms with Gasteiger partial charge >= 0.3 is 5.97 Å². The number of aromatic nitrogens is 1. The van der Waals surface area contributed by atoms with Crippen molar-refractivity contribution in [3.63, 3.8) is 0 Å². The number of thiophene rings is 2. The lowest BCUT2D eigenvalue weighted by Gasteiger charge is -2.33. The Morgan fingerprint density at radius 1 is 0.806 bits per heavy atom. The number of rotatable bonds is 17. The number of ketones is 1. The van der Waals surface area contributed by atoms with E-state index < -0.39 is 17.7 Å². The zero-order valence-electron chi connectivity index (χ0n) is 34.4. The largest absolute Gasteiger partial charge is 0.506 e. The molecule has 0 aliphatic carbocycles. The first-order valence-corrected chi connectivity index (χ1v) is 22.8. The number of esters is 1. The highest BCUT2D eigenvalue weighted by atomic mass is 32.1. The maximum atomic E-state index is 14.0. The maximum Gasteiger partial charge on any atom is 0.347 e. The van der Waals surface area contributed by atoms with Crippen LogP contribution < -0.4 is 5.56 Å². The van der Waals surface area contributed by atoms with Gasteiger partial charge in [0.1, 0.15) is 5.75 Å². The average Bonchev–Trinajstić information content (AvgIpc) is 3.99. The second kappa shape index (κ2) is 19.6. The number of likely N-dealkylation sites (tertiary alicyclic amines) is 1. The van der Waals surface area contributed by atoms with Crippen LogP contribution in [0.4, 0.5) is 0 Å². The van der Waals surface area contributed by atoms with Crippen LogP contribution in [0.25, 0.3) is 21.3 Å². The number of hydrogen-bond donors (Lipinski definition) is 4. The van der Waals surface area contributed by atoms with E-state index in [0.29, 0.717) is 64.6 Å². The van der Waals surface area contributed by atoms with Crippen LogP contribution in [-0.2, 0) is 34.5 Å². The van der Waals surface area contributed by atoms with Crippen molar-refractivity contribution >= 4 is 45.3 Å². The van der Waals surface area contributed by atoms with E-state index in [9.17, 15) is 29.7 Å². The van der Waals surface area contributed by atoms with Crippen LogP contribution >= 0.6 is 22.7 Å². The number of fused-ring (bicyclic) bond motifs is 1. The molecule has 0 radical (unpaired) electrons. The molecule has 4 heterocycles. The molecule has 7 aromatic rings. The second-order valence-corrected chi connectivity index (χ2v) is 18.4. The van der Waals surface area contributed by atoms with Gasteiger partial charge in [-0.2, -0.15) is 0 Å². The van der Waals surface area contributed by atoms with Crippen LogP contribution in [0.15, 0.2) is 138 Å². The van der Waals surface area contributed by atoms with Gasteiger partial charge in [-0.3, -0.25) is 14.5 Å². The number of aromatic hydroxyl groups is 1. The summed E-state index contributed by atoms with van der Waals surface area (Å²) in [7, 11) is 0. The van der Waals surface area contributed by atoms with E-state index in [1.807, 2.05) is 66.7 Å². The third-order valence-electron chi connectivity index (χ3n) is 11.8. The van der Waals surface area contributed by atoms with Crippen molar-refractivity contribution in [1.82, 2.24) is 9.88 Å². The van der Waals surface area contributed by atoms with Gasteiger partial charge in [0.15, 0.2) is 5.78 Å². The minimum Gasteiger partial charge on any atom is -0.506 e. The minimum absolute atomic E-state index is 0.0422. The summed E-state index contributed by atoms with van der Waals surface area (Å²) >= 11 is 3.07. The molecule has 4 aromatic carbocycles. The summed E-state index contributed by atoms with van der Waals surface area (Å²) in [5.74, 6) is -0.432. The Hall–Kier alpha value is -5.69. The Morgan fingerprint density at radius 2 is 1.53 bits per heavy atom. The van der Waals surface area contributed by atoms with Crippen molar-refractivity contribution in [2.24, 2.45) is 5.92 Å². The van der Waals surface area contributed by atoms with Crippen LogP contribution in [-0.4, -0.2) is 56.7 Å². The van der Waals surface area contributed by atoms with E-state index in [4.69, 9.17) is 4.74 Å². The number of hydrogen-bond acceptors (Lipinski definition) is 10. The summed E-state index contributed by atoms with van der Waals surface area (Å²) in [4.78, 5) is 47.9. The smallest absolute Gasteiger partial charge is 0.347 e. The quantitative estimate of drug-likeness (QED) is 0.0525. The molecule has 3 aromatic heterocycles. The van der Waals surface area contributed by atoms with Crippen molar-refractivity contribution in [2.75, 3.05) is 19.7 Å². The van der Waals surface area contributed by atoms with Crippen LogP contribution in [0.2, 0.25) is 0 Å². The van der Waals surface area contributed by atoms with Crippen molar-refractivity contribution in [2.45, 2.75) is 63.2 Å². The number of carbonyl (C=O) groups is 2. The number of phenolic OH excluding ortho intramolecular Hbond substituents is 1. The Balaban J connectivity index is 0.855. The summed E-state index contributed by atoms with van der Waals surface area (Å²) < 4.78 is 5.95. The van der Waals surface area contributed by atoms with Gasteiger partial charge in [-0.1, -0.05) is 84.9 Å². The molecule has 0 bridgehead atoms. The second-order valence-electron chi connectivity index (χ2n) is 16.1. The summed E-state index contributed by atoms with van der Waals surface area (Å²) in [6.07, 6.45) is 3.89. The van der Waals surface area contributed by atoms with Crippen LogP contribution in [0.3, 0.4) is 0 Å². The van der Waals surface area contributed by atoms with Gasteiger partial charge in [0.25, 0.3) is 0 Å². The van der Waals surface area contributed by atoms with Gasteiger partial charge in [0.05, 0.1) is 23.1 Å². The SMILES string of the molecule is O=C(CCc1ccc(-c2cccc([C@](O)(C(=O)OCC3CCN(Cc4ccccc4)CC3)c3ccccc3)c2)s1)c1ccc(CCC[C@H](O)c2ccc(O)c3[nH]c(=O)ccc23)s1. The highest BCUT2D eigenvalue weighted by molar-refractivity contribution is 7.15. The number of aromatic amines is 1. The Morgan fingerprint density at radius 3 is 2.32 bits per heavy atom. The van der Waals surface area contributed by atoms with Crippen LogP contribution in [0, 0.1) is 5.92 Å². The zero-order chi connectivity index (χ0) is 43.1. The number of Topliss-reactive ketones (excluding diaryl/α,β-unsaturated/α-hetero) is 1. The number of nitrogens with zero attached hydrogens (tertiary/aromatic N) is 1. The number of phenols is 1.